The molecule has 724 valence electrons. The maximum absolute atomic E-state index is 15.1. The Morgan fingerprint density at radius 1 is 0.320 bits per heavy atom. The summed E-state index contributed by atoms with van der Waals surface area (Å²) in [5, 5.41) is 0. The number of alkyl halides is 10. The lowest BCUT2D eigenvalue weighted by molar-refractivity contribution is -0.239. The molecule has 0 radical (unpaired) electrons. The van der Waals surface area contributed by atoms with E-state index in [1.165, 1.54) is 55.4 Å². The molecular formula is C95H154F10O20. The van der Waals surface area contributed by atoms with E-state index in [9.17, 15) is 83.1 Å². The van der Waals surface area contributed by atoms with Crippen LogP contribution in [0.2, 0.25) is 0 Å². The van der Waals surface area contributed by atoms with Crippen LogP contribution in [0.1, 0.15) is 380 Å². The van der Waals surface area contributed by atoms with Crippen LogP contribution in [0.4, 0.5) is 43.9 Å². The van der Waals surface area contributed by atoms with E-state index in [0.29, 0.717) is 125 Å². The van der Waals surface area contributed by atoms with E-state index in [0.717, 1.165) is 70.6 Å². The van der Waals surface area contributed by atoms with Crippen molar-refractivity contribution >= 4 is 59.7 Å². The molecule has 20 nitrogen and oxygen atoms in total. The summed E-state index contributed by atoms with van der Waals surface area (Å²) < 4.78 is 198. The monoisotopic (exact) mass is 1810 g/mol. The summed E-state index contributed by atoms with van der Waals surface area (Å²) in [4.78, 5) is 122. The number of hydrogen-bond acceptors (Lipinski definition) is 20. The second-order valence-electron chi connectivity index (χ2n) is 41.4. The summed E-state index contributed by atoms with van der Waals surface area (Å²) in [6, 6.07) is 0. The summed E-state index contributed by atoms with van der Waals surface area (Å²) in [7, 11) is 0. The van der Waals surface area contributed by atoms with E-state index in [1.54, 1.807) is 111 Å². The Balaban J connectivity index is 0.000000330. The maximum atomic E-state index is 15.1. The van der Waals surface area contributed by atoms with Crippen LogP contribution in [0.15, 0.2) is 0 Å². The molecule has 8 bridgehead atoms. The molecule has 0 heterocycles. The molecule has 10 saturated carbocycles. The highest BCUT2D eigenvalue weighted by molar-refractivity contribution is 5.84. The molecule has 0 amide bonds. The molecule has 10 aliphatic rings. The van der Waals surface area contributed by atoms with Gasteiger partial charge in [-0.2, -0.15) is 43.9 Å². The van der Waals surface area contributed by atoms with E-state index >= 15 is 8.78 Å². The van der Waals surface area contributed by atoms with E-state index in [2.05, 4.69) is 6.92 Å². The fraction of sp³-hybridized carbons (Fsp3) is 0.895. The fourth-order valence-electron chi connectivity index (χ4n) is 18.4. The predicted octanol–water partition coefficient (Wildman–Crippen LogP) is 23.3. The molecule has 30 heteroatoms. The van der Waals surface area contributed by atoms with Crippen LogP contribution >= 0.6 is 0 Å². The first-order valence-corrected chi connectivity index (χ1v) is 46.4. The maximum Gasteiger partial charge on any atom is 0.381 e. The van der Waals surface area contributed by atoms with Crippen molar-refractivity contribution in [1.82, 2.24) is 0 Å². The minimum atomic E-state index is -3.87. The molecule has 11 atom stereocenters. The van der Waals surface area contributed by atoms with Crippen LogP contribution in [-0.2, 0) is 95.3 Å². The molecule has 0 aromatic rings. The number of halogens is 10. The van der Waals surface area contributed by atoms with Gasteiger partial charge in [0.25, 0.3) is 0 Å². The van der Waals surface area contributed by atoms with Gasteiger partial charge in [-0.25, -0.2) is 24.0 Å². The van der Waals surface area contributed by atoms with E-state index in [1.807, 2.05) is 13.8 Å². The first-order valence-electron chi connectivity index (χ1n) is 46.4. The Kier molecular flexibility index (Phi) is 38.6. The van der Waals surface area contributed by atoms with Gasteiger partial charge in [-0.1, -0.05) is 90.0 Å². The number of carbonyl (C=O) groups is 10. The van der Waals surface area contributed by atoms with E-state index in [4.69, 9.17) is 47.4 Å². The fourth-order valence-corrected chi connectivity index (χ4v) is 18.4. The highest BCUT2D eigenvalue weighted by atomic mass is 19.3. The number of carbonyl (C=O) groups excluding carboxylic acids is 10. The highest BCUT2D eigenvalue weighted by Crippen LogP contribution is 2.63. The molecule has 125 heavy (non-hydrogen) atoms. The van der Waals surface area contributed by atoms with Gasteiger partial charge in [-0.15, -0.1) is 0 Å². The van der Waals surface area contributed by atoms with Crippen molar-refractivity contribution in [2.45, 2.75) is 468 Å². The molecule has 11 unspecified atom stereocenters. The van der Waals surface area contributed by atoms with Gasteiger partial charge in [0.05, 0.1) is 27.1 Å². The summed E-state index contributed by atoms with van der Waals surface area (Å²) in [6.07, 6.45) is 9.08. The predicted molar refractivity (Wildman–Crippen MR) is 450 cm³/mol. The van der Waals surface area contributed by atoms with Crippen molar-refractivity contribution in [3.05, 3.63) is 0 Å². The highest BCUT2D eigenvalue weighted by Gasteiger charge is 2.65. The van der Waals surface area contributed by atoms with Crippen LogP contribution in [0.3, 0.4) is 0 Å². The van der Waals surface area contributed by atoms with Crippen LogP contribution in [0.25, 0.3) is 0 Å². The van der Waals surface area contributed by atoms with Gasteiger partial charge in [-0.3, -0.25) is 24.0 Å². The van der Waals surface area contributed by atoms with Crippen LogP contribution in [0.5, 0.6) is 0 Å². The second kappa shape index (κ2) is 43.4. The summed E-state index contributed by atoms with van der Waals surface area (Å²) in [5.74, 6) is -27.7. The van der Waals surface area contributed by atoms with Gasteiger partial charge in [0.1, 0.15) is 28.0 Å². The molecule has 0 N–H and O–H groups in total. The van der Waals surface area contributed by atoms with Gasteiger partial charge in [0, 0.05) is 5.92 Å². The Bertz CT molecular complexity index is 3580. The van der Waals surface area contributed by atoms with Crippen LogP contribution in [-0.4, -0.2) is 148 Å². The summed E-state index contributed by atoms with van der Waals surface area (Å²) >= 11 is 0. The number of rotatable bonds is 36. The second-order valence-corrected chi connectivity index (χ2v) is 41.4. The minimum absolute atomic E-state index is 0.0988. The average molecular weight is 1810 g/mol. The normalized spacial score (nSPS) is 25.6. The molecule has 0 aliphatic heterocycles. The van der Waals surface area contributed by atoms with Crippen molar-refractivity contribution in [1.29, 1.82) is 0 Å². The van der Waals surface area contributed by atoms with Crippen molar-refractivity contribution in [2.24, 2.45) is 74.4 Å². The molecule has 0 aromatic carbocycles. The molecule has 10 rings (SSSR count). The molecule has 0 spiro atoms. The number of ether oxygens (including phenoxy) is 10. The van der Waals surface area contributed by atoms with Gasteiger partial charge in [0.2, 0.25) is 0 Å². The van der Waals surface area contributed by atoms with Gasteiger partial charge >= 0.3 is 89.3 Å². The molecule has 0 saturated heterocycles. The minimum Gasteiger partial charge on any atom is -0.455 e. The van der Waals surface area contributed by atoms with Gasteiger partial charge in [0.15, 0.2) is 30.5 Å². The SMILES string of the molecule is CCC(OC(=O)C(C)(C)CC)C(F)(F)C(=O)OC(C)(C)C.CCC(OC(=O)C(C)(C)CC)C(F)(F)C(=O)OC1(C)CCCC1.CCC(OC(=O)C(C)(C)CC)C(F)(F)C(=O)OC1(CC)CCCC1.CCC(OC(=O)C(C)(C)CC)C(F)(F)C(=O)OC12CC3CC(CC(C3)C1C)C2.CCC1C2CC3CC(C2)CC1(OC(=O)C(F)(F)C(CC)OC(=O)C(C)(C)CC)C3. The molecule has 0 aromatic heterocycles. The number of esters is 10. The molecular weight excluding hydrogens is 1650 g/mol. The average Bonchev–Trinajstić information content (AvgIpc) is 0.963. The zero-order valence-electron chi connectivity index (χ0n) is 80.2. The third-order valence-electron chi connectivity index (χ3n) is 28.8. The lowest BCUT2D eigenvalue weighted by atomic mass is 9.49. The lowest BCUT2D eigenvalue weighted by Crippen LogP contribution is -2.61. The van der Waals surface area contributed by atoms with Crippen molar-refractivity contribution < 1.29 is 139 Å². The van der Waals surface area contributed by atoms with Crippen LogP contribution < -0.4 is 0 Å². The van der Waals surface area contributed by atoms with E-state index in [-0.39, 0.29) is 43.9 Å². The largest absolute Gasteiger partial charge is 0.455 e. The summed E-state index contributed by atoms with van der Waals surface area (Å²) in [6.45, 7) is 44.6. The smallest absolute Gasteiger partial charge is 0.381 e. The van der Waals surface area contributed by atoms with Crippen molar-refractivity contribution in [2.75, 3.05) is 0 Å². The first-order chi connectivity index (χ1) is 57.2. The Morgan fingerprint density at radius 3 is 0.832 bits per heavy atom. The third kappa shape index (κ3) is 27.3. The zero-order chi connectivity index (χ0) is 96.1. The Labute approximate surface area is 737 Å². The lowest BCUT2D eigenvalue weighted by Gasteiger charge is -2.60. The van der Waals surface area contributed by atoms with Crippen LogP contribution in [0, 0.1) is 74.4 Å². The van der Waals surface area contributed by atoms with Gasteiger partial charge < -0.3 is 47.4 Å². The quantitative estimate of drug-likeness (QED) is 0.0320. The topological polar surface area (TPSA) is 263 Å². The number of hydrogen-bond donors (Lipinski definition) is 0. The Morgan fingerprint density at radius 2 is 0.568 bits per heavy atom. The standard InChI is InChI=1S/C23H36F2O4.C22H34F2O4.C18H30F2O4.C17H28F2O4.C15H26F2O4/c1-6-17-16-10-14-9-15(11-16)13-22(17,12-14)29-20(27)23(24,25)18(7-2)28-19(26)21(4,5)8-3;1-6-17(27-18(25)20(4,5)7-2)22(23,24)19(26)28-21-11-14-8-15(12-21)10-16(9-14)13(21)3;1-6-13(23-14(21)16(4,5)7-2)18(19,20)15(22)24-17(8-3)11-9-10-12-17;1-6-12(22-13(20)15(3,4)7-2)17(18,19)14(21)23-16(5)10-8-9-11-16;1-8-10(20-11(18)14(6,7)9-2)15(16,17)12(19)21-13(3,4)5/h14-18H,6-13H2,1-5H3;13-17H,6-12H2,1-5H3;13H,6-12H2,1-5H3;12H,6-11H2,1-5H3;10H,8-9H2,1-7H3. The molecule has 10 aliphatic carbocycles. The third-order valence-corrected chi connectivity index (χ3v) is 28.8. The first kappa shape index (κ1) is 111. The van der Waals surface area contributed by atoms with E-state index < -0.39 is 175 Å². The summed E-state index contributed by atoms with van der Waals surface area (Å²) in [5.41, 5.74) is -8.59. The van der Waals surface area contributed by atoms with Gasteiger partial charge in [-0.05, 0) is 331 Å². The van der Waals surface area contributed by atoms with Crippen molar-refractivity contribution in [3.63, 3.8) is 0 Å². The zero-order valence-corrected chi connectivity index (χ0v) is 80.2. The van der Waals surface area contributed by atoms with Crippen molar-refractivity contribution in [3.8, 4) is 0 Å². The Hall–Kier alpha value is -6.00. The molecule has 10 fully saturated rings.